The minimum Gasteiger partial charge on any atom is -0.359 e. The van der Waals surface area contributed by atoms with Crippen LogP contribution in [0, 0.1) is 0 Å². The summed E-state index contributed by atoms with van der Waals surface area (Å²) in [6, 6.07) is 8.78. The Morgan fingerprint density at radius 1 is 1.11 bits per heavy atom. The van der Waals surface area contributed by atoms with Crippen LogP contribution in [0.25, 0.3) is 0 Å². The first-order chi connectivity index (χ1) is 8.90. The van der Waals surface area contributed by atoms with Crippen molar-refractivity contribution in [1.82, 2.24) is 10.7 Å². The highest BCUT2D eigenvalue weighted by atomic mass is 32.1. The lowest BCUT2D eigenvalue weighted by atomic mass is 10.0. The monoisotopic (exact) mass is 277 g/mol. The van der Waals surface area contributed by atoms with Crippen LogP contribution in [0.3, 0.4) is 0 Å². The van der Waals surface area contributed by atoms with Crippen molar-refractivity contribution in [1.29, 1.82) is 0 Å². The predicted octanol–water partition coefficient (Wildman–Crippen LogP) is 3.41. The second kappa shape index (κ2) is 7.24. The molecule has 104 valence electrons. The molecule has 2 N–H and O–H groups in total. The minimum atomic E-state index is 0.306. The molecule has 0 atom stereocenters. The van der Waals surface area contributed by atoms with Crippen LogP contribution in [0.2, 0.25) is 0 Å². The number of hydrazone groups is 1. The number of hydrogen-bond acceptors (Lipinski definition) is 2. The fourth-order valence-corrected chi connectivity index (χ4v) is 1.88. The van der Waals surface area contributed by atoms with Gasteiger partial charge in [0, 0.05) is 6.04 Å². The van der Waals surface area contributed by atoms with Gasteiger partial charge in [-0.3, -0.25) is 5.43 Å². The molecule has 3 nitrogen and oxygen atoms in total. The van der Waals surface area contributed by atoms with E-state index in [-0.39, 0.29) is 0 Å². The van der Waals surface area contributed by atoms with Crippen LogP contribution in [0.1, 0.15) is 51.7 Å². The standard InChI is InChI=1S/C15H23N3S/c1-10(2)13-6-8-14(9-7-13)12(5)17-18-15(19)16-11(3)4/h6-11H,1-5H3,(H2,16,18,19)/b17-12-. The molecule has 0 amide bonds. The van der Waals surface area contributed by atoms with Gasteiger partial charge in [-0.05, 0) is 50.0 Å². The smallest absolute Gasteiger partial charge is 0.187 e. The number of thiocarbonyl (C=S) groups is 1. The van der Waals surface area contributed by atoms with Crippen LogP contribution in [0.15, 0.2) is 29.4 Å². The first-order valence-electron chi connectivity index (χ1n) is 6.61. The van der Waals surface area contributed by atoms with Gasteiger partial charge in [-0.2, -0.15) is 5.10 Å². The Bertz CT molecular complexity index is 447. The van der Waals surface area contributed by atoms with Gasteiger partial charge < -0.3 is 5.32 Å². The van der Waals surface area contributed by atoms with Gasteiger partial charge in [-0.1, -0.05) is 38.1 Å². The van der Waals surface area contributed by atoms with Gasteiger partial charge in [-0.25, -0.2) is 0 Å². The van der Waals surface area contributed by atoms with Crippen molar-refractivity contribution in [3.63, 3.8) is 0 Å². The molecule has 19 heavy (non-hydrogen) atoms. The first kappa shape index (κ1) is 15.6. The lowest BCUT2D eigenvalue weighted by molar-refractivity contribution is 0.719. The van der Waals surface area contributed by atoms with E-state index in [1.165, 1.54) is 5.56 Å². The van der Waals surface area contributed by atoms with Gasteiger partial charge in [0.1, 0.15) is 0 Å². The topological polar surface area (TPSA) is 36.4 Å². The maximum absolute atomic E-state index is 5.12. The van der Waals surface area contributed by atoms with E-state index >= 15 is 0 Å². The summed E-state index contributed by atoms with van der Waals surface area (Å²) in [5.41, 5.74) is 6.21. The van der Waals surface area contributed by atoms with E-state index in [1.807, 2.05) is 20.8 Å². The Hall–Kier alpha value is -1.42. The van der Waals surface area contributed by atoms with Crippen LogP contribution in [-0.2, 0) is 0 Å². The Balaban J connectivity index is 2.66. The normalized spacial score (nSPS) is 11.8. The zero-order chi connectivity index (χ0) is 14.4. The molecule has 0 aliphatic rings. The summed E-state index contributed by atoms with van der Waals surface area (Å²) in [6.07, 6.45) is 0. The molecule has 0 aliphatic carbocycles. The number of rotatable bonds is 4. The van der Waals surface area contributed by atoms with Crippen molar-refractivity contribution in [2.75, 3.05) is 0 Å². The SMILES string of the molecule is C/C(=N/NC(=S)NC(C)C)c1ccc(C(C)C)cc1. The van der Waals surface area contributed by atoms with Crippen molar-refractivity contribution in [2.24, 2.45) is 5.10 Å². The Morgan fingerprint density at radius 2 is 1.68 bits per heavy atom. The zero-order valence-corrected chi connectivity index (χ0v) is 13.1. The van der Waals surface area contributed by atoms with Gasteiger partial charge in [-0.15, -0.1) is 0 Å². The van der Waals surface area contributed by atoms with E-state index in [0.717, 1.165) is 11.3 Å². The number of benzene rings is 1. The van der Waals surface area contributed by atoms with Gasteiger partial charge in [0.05, 0.1) is 5.71 Å². The Labute approximate surface area is 121 Å². The van der Waals surface area contributed by atoms with Gasteiger partial charge in [0.15, 0.2) is 5.11 Å². The summed E-state index contributed by atoms with van der Waals surface area (Å²) < 4.78 is 0. The molecule has 1 rings (SSSR count). The molecule has 0 saturated heterocycles. The molecule has 0 unspecified atom stereocenters. The Kier molecular flexibility index (Phi) is 5.96. The third-order valence-corrected chi connectivity index (χ3v) is 2.95. The fourth-order valence-electron chi connectivity index (χ4n) is 1.60. The molecule has 0 radical (unpaired) electrons. The molecular formula is C15H23N3S. The van der Waals surface area contributed by atoms with Crippen LogP contribution >= 0.6 is 12.2 Å². The second-order valence-electron chi connectivity index (χ2n) is 5.21. The van der Waals surface area contributed by atoms with E-state index in [4.69, 9.17) is 12.2 Å². The third-order valence-electron chi connectivity index (χ3n) is 2.74. The minimum absolute atomic E-state index is 0.306. The average molecular weight is 277 g/mol. The zero-order valence-electron chi connectivity index (χ0n) is 12.3. The number of hydrogen-bond donors (Lipinski definition) is 2. The van der Waals surface area contributed by atoms with Crippen LogP contribution in [0.4, 0.5) is 0 Å². The highest BCUT2D eigenvalue weighted by Crippen LogP contribution is 2.14. The van der Waals surface area contributed by atoms with E-state index in [1.54, 1.807) is 0 Å². The van der Waals surface area contributed by atoms with E-state index in [2.05, 4.69) is 54.0 Å². The maximum Gasteiger partial charge on any atom is 0.187 e. The molecule has 0 heterocycles. The van der Waals surface area contributed by atoms with Crippen molar-refractivity contribution in [3.8, 4) is 0 Å². The highest BCUT2D eigenvalue weighted by Gasteiger charge is 2.02. The van der Waals surface area contributed by atoms with Gasteiger partial charge in [0.25, 0.3) is 0 Å². The molecule has 0 fully saturated rings. The molecule has 0 aromatic heterocycles. The molecule has 1 aromatic rings. The van der Waals surface area contributed by atoms with Crippen LogP contribution in [0.5, 0.6) is 0 Å². The fraction of sp³-hybridized carbons (Fsp3) is 0.467. The summed E-state index contributed by atoms with van der Waals surface area (Å²) in [5.74, 6) is 0.548. The second-order valence-corrected chi connectivity index (χ2v) is 5.62. The summed E-state index contributed by atoms with van der Waals surface area (Å²) in [7, 11) is 0. The summed E-state index contributed by atoms with van der Waals surface area (Å²) in [5, 5.41) is 7.92. The Morgan fingerprint density at radius 3 is 2.16 bits per heavy atom. The molecule has 0 bridgehead atoms. The van der Waals surface area contributed by atoms with Gasteiger partial charge >= 0.3 is 0 Å². The summed E-state index contributed by atoms with van der Waals surface area (Å²) in [6.45, 7) is 10.4. The molecule has 0 spiro atoms. The predicted molar refractivity (Wildman–Crippen MR) is 86.7 cm³/mol. The van der Waals surface area contributed by atoms with Crippen molar-refractivity contribution < 1.29 is 0 Å². The van der Waals surface area contributed by atoms with E-state index in [0.29, 0.717) is 17.1 Å². The lowest BCUT2D eigenvalue weighted by Gasteiger charge is -2.11. The van der Waals surface area contributed by atoms with Gasteiger partial charge in [0.2, 0.25) is 0 Å². The first-order valence-corrected chi connectivity index (χ1v) is 7.02. The van der Waals surface area contributed by atoms with Crippen molar-refractivity contribution in [2.45, 2.75) is 46.6 Å². The molecule has 0 aliphatic heterocycles. The van der Waals surface area contributed by atoms with E-state index in [9.17, 15) is 0 Å². The molecule has 1 aromatic carbocycles. The summed E-state index contributed by atoms with van der Waals surface area (Å²) >= 11 is 5.12. The number of nitrogens with zero attached hydrogens (tertiary/aromatic N) is 1. The van der Waals surface area contributed by atoms with Crippen LogP contribution in [-0.4, -0.2) is 16.9 Å². The summed E-state index contributed by atoms with van der Waals surface area (Å²) in [4.78, 5) is 0. The van der Waals surface area contributed by atoms with Crippen LogP contribution < -0.4 is 10.7 Å². The van der Waals surface area contributed by atoms with E-state index < -0.39 is 0 Å². The largest absolute Gasteiger partial charge is 0.359 e. The molecule has 0 saturated carbocycles. The van der Waals surface area contributed by atoms with Crippen molar-refractivity contribution in [3.05, 3.63) is 35.4 Å². The number of nitrogens with one attached hydrogen (secondary N) is 2. The maximum atomic E-state index is 5.12. The highest BCUT2D eigenvalue weighted by molar-refractivity contribution is 7.80. The quantitative estimate of drug-likeness (QED) is 0.503. The molecule has 4 heteroatoms. The third kappa shape index (κ3) is 5.39. The molecular weight excluding hydrogens is 254 g/mol. The van der Waals surface area contributed by atoms with Crippen molar-refractivity contribution >= 4 is 23.0 Å². The lowest BCUT2D eigenvalue weighted by Crippen LogP contribution is -2.37. The average Bonchev–Trinajstić information content (AvgIpc) is 2.35.